The normalized spacial score (nSPS) is 12.8. The monoisotopic (exact) mass is 592 g/mol. The van der Waals surface area contributed by atoms with Crippen LogP contribution in [0.5, 0.6) is 0 Å². The number of rotatable bonds is 32. The topological polar surface area (TPSA) is 26.3 Å². The molecule has 0 rings (SSSR count). The lowest BCUT2D eigenvalue weighted by molar-refractivity contribution is 0.106. The molecular weight excluding hydrogens is 524 g/mol. The first-order chi connectivity index (χ1) is 20.2. The van der Waals surface area contributed by atoms with Gasteiger partial charge >= 0.3 is 5.43 Å². The van der Waals surface area contributed by atoms with E-state index in [2.05, 4.69) is 50.3 Å². The van der Waals surface area contributed by atoms with Gasteiger partial charge in [-0.2, -0.15) is 0 Å². The van der Waals surface area contributed by atoms with Gasteiger partial charge in [0.1, 0.15) is 6.10 Å². The third-order valence-electron chi connectivity index (χ3n) is 8.02. The van der Waals surface area contributed by atoms with E-state index in [9.17, 15) is 4.79 Å². The van der Waals surface area contributed by atoms with Crippen LogP contribution >= 0.6 is 11.6 Å². The number of allylic oxidation sites excluding steroid dienone is 6. The summed E-state index contributed by atoms with van der Waals surface area (Å²) in [4.78, 5) is 11.3. The molecule has 0 bridgehead atoms. The summed E-state index contributed by atoms with van der Waals surface area (Å²) in [6.07, 6.45) is 49.4. The Bertz CT molecular complexity index is 609. The van der Waals surface area contributed by atoms with Crippen LogP contribution in [-0.4, -0.2) is 11.5 Å². The van der Waals surface area contributed by atoms with E-state index in [1.165, 1.54) is 148 Å². The molecule has 0 aromatic heterocycles. The lowest BCUT2D eigenvalue weighted by atomic mass is 10.0. The molecule has 0 saturated carbocycles. The van der Waals surface area contributed by atoms with Crippen LogP contribution in [0.2, 0.25) is 0 Å². The van der Waals surface area contributed by atoms with Crippen molar-refractivity contribution in [3.05, 3.63) is 36.5 Å². The SMILES string of the molecule is CCCCC/C=C\C/C=C\CCCCCCCCC(CCCCCCCCCCC/C=C\CCCCC)OC(=O)Cl. The maximum Gasteiger partial charge on any atom is 0.404 e. The minimum atomic E-state index is -0.637. The van der Waals surface area contributed by atoms with Crippen LogP contribution < -0.4 is 0 Å². The van der Waals surface area contributed by atoms with E-state index in [1.54, 1.807) is 0 Å². The molecule has 0 saturated heterocycles. The Morgan fingerprint density at radius 2 is 0.805 bits per heavy atom. The number of hydrogen-bond acceptors (Lipinski definition) is 2. The van der Waals surface area contributed by atoms with Gasteiger partial charge in [0.25, 0.3) is 0 Å². The second kappa shape index (κ2) is 35.2. The van der Waals surface area contributed by atoms with Crippen molar-refractivity contribution < 1.29 is 9.53 Å². The van der Waals surface area contributed by atoms with E-state index in [-0.39, 0.29) is 6.10 Å². The molecule has 3 heteroatoms. The van der Waals surface area contributed by atoms with Crippen LogP contribution in [0.3, 0.4) is 0 Å². The van der Waals surface area contributed by atoms with E-state index in [0.717, 1.165) is 32.1 Å². The molecule has 0 spiro atoms. The van der Waals surface area contributed by atoms with Crippen molar-refractivity contribution in [2.75, 3.05) is 0 Å². The first-order valence-corrected chi connectivity index (χ1v) is 18.4. The lowest BCUT2D eigenvalue weighted by Crippen LogP contribution is -2.14. The van der Waals surface area contributed by atoms with Gasteiger partial charge in [-0.05, 0) is 83.5 Å². The molecule has 0 fully saturated rings. The molecular formula is C38H69ClO2. The fourth-order valence-electron chi connectivity index (χ4n) is 5.37. The molecule has 0 aliphatic carbocycles. The molecule has 0 amide bonds. The molecule has 0 radical (unpaired) electrons. The Kier molecular flexibility index (Phi) is 34.3. The fourth-order valence-corrected chi connectivity index (χ4v) is 5.50. The zero-order valence-corrected chi connectivity index (χ0v) is 28.3. The number of ether oxygens (including phenoxy) is 1. The van der Waals surface area contributed by atoms with Gasteiger partial charge in [0.05, 0.1) is 0 Å². The fraction of sp³-hybridized carbons (Fsp3) is 0.816. The quantitative estimate of drug-likeness (QED) is 0.0441. The number of carbonyl (C=O) groups is 1. The molecule has 0 aliphatic heterocycles. The van der Waals surface area contributed by atoms with Gasteiger partial charge in [-0.15, -0.1) is 0 Å². The van der Waals surface area contributed by atoms with Crippen molar-refractivity contribution in [3.8, 4) is 0 Å². The minimum Gasteiger partial charge on any atom is -0.450 e. The van der Waals surface area contributed by atoms with Crippen LogP contribution in [0, 0.1) is 0 Å². The van der Waals surface area contributed by atoms with E-state index >= 15 is 0 Å². The van der Waals surface area contributed by atoms with Crippen molar-refractivity contribution in [3.63, 3.8) is 0 Å². The van der Waals surface area contributed by atoms with Crippen molar-refractivity contribution >= 4 is 17.0 Å². The first kappa shape index (κ1) is 40.0. The molecule has 0 aromatic carbocycles. The summed E-state index contributed by atoms with van der Waals surface area (Å²) < 4.78 is 5.41. The summed E-state index contributed by atoms with van der Waals surface area (Å²) in [7, 11) is 0. The number of unbranched alkanes of at least 4 members (excludes halogenated alkanes) is 21. The average Bonchev–Trinajstić information content (AvgIpc) is 2.96. The molecule has 1 atom stereocenters. The maximum atomic E-state index is 11.3. The third kappa shape index (κ3) is 35.1. The summed E-state index contributed by atoms with van der Waals surface area (Å²) in [5, 5.41) is 0. The van der Waals surface area contributed by atoms with Gasteiger partial charge in [-0.1, -0.05) is 147 Å². The Morgan fingerprint density at radius 1 is 0.488 bits per heavy atom. The highest BCUT2D eigenvalue weighted by atomic mass is 35.5. The predicted octanol–water partition coefficient (Wildman–Crippen LogP) is 14.4. The summed E-state index contributed by atoms with van der Waals surface area (Å²) in [6.45, 7) is 4.52. The number of hydrogen-bond donors (Lipinski definition) is 0. The Labute approximate surface area is 262 Å². The summed E-state index contributed by atoms with van der Waals surface area (Å²) >= 11 is 5.55. The largest absolute Gasteiger partial charge is 0.450 e. The Balaban J connectivity index is 3.58. The van der Waals surface area contributed by atoms with Gasteiger partial charge in [-0.25, -0.2) is 4.79 Å². The van der Waals surface area contributed by atoms with Gasteiger partial charge in [0, 0.05) is 11.6 Å². The number of carbonyl (C=O) groups excluding carboxylic acids is 1. The second-order valence-electron chi connectivity index (χ2n) is 12.1. The summed E-state index contributed by atoms with van der Waals surface area (Å²) in [5.74, 6) is 0. The van der Waals surface area contributed by atoms with Crippen LogP contribution in [0.25, 0.3) is 0 Å². The molecule has 0 heterocycles. The average molecular weight is 593 g/mol. The Hall–Kier alpha value is -1.02. The van der Waals surface area contributed by atoms with E-state index in [0.29, 0.717) is 0 Å². The lowest BCUT2D eigenvalue weighted by Gasteiger charge is -2.16. The summed E-state index contributed by atoms with van der Waals surface area (Å²) in [6, 6.07) is 0. The second-order valence-corrected chi connectivity index (χ2v) is 12.4. The third-order valence-corrected chi connectivity index (χ3v) is 8.11. The van der Waals surface area contributed by atoms with Crippen LogP contribution in [0.1, 0.15) is 194 Å². The molecule has 1 unspecified atom stereocenters. The van der Waals surface area contributed by atoms with Crippen molar-refractivity contribution in [1.82, 2.24) is 0 Å². The highest BCUT2D eigenvalue weighted by Gasteiger charge is 2.12. The molecule has 41 heavy (non-hydrogen) atoms. The van der Waals surface area contributed by atoms with Crippen LogP contribution in [-0.2, 0) is 4.74 Å². The van der Waals surface area contributed by atoms with E-state index in [1.807, 2.05) is 0 Å². The molecule has 0 aliphatic rings. The molecule has 0 N–H and O–H groups in total. The van der Waals surface area contributed by atoms with Crippen molar-refractivity contribution in [1.29, 1.82) is 0 Å². The highest BCUT2D eigenvalue weighted by Crippen LogP contribution is 2.18. The van der Waals surface area contributed by atoms with E-state index < -0.39 is 5.43 Å². The van der Waals surface area contributed by atoms with Crippen LogP contribution in [0.15, 0.2) is 36.5 Å². The zero-order valence-electron chi connectivity index (χ0n) is 27.5. The van der Waals surface area contributed by atoms with Gasteiger partial charge in [0.15, 0.2) is 0 Å². The minimum absolute atomic E-state index is 0.00604. The van der Waals surface area contributed by atoms with Gasteiger partial charge in [-0.3, -0.25) is 0 Å². The van der Waals surface area contributed by atoms with Gasteiger partial charge in [0.2, 0.25) is 0 Å². The maximum absolute atomic E-state index is 11.3. The smallest absolute Gasteiger partial charge is 0.404 e. The number of halogens is 1. The van der Waals surface area contributed by atoms with Crippen molar-refractivity contribution in [2.24, 2.45) is 0 Å². The predicted molar refractivity (Wildman–Crippen MR) is 184 cm³/mol. The van der Waals surface area contributed by atoms with Crippen molar-refractivity contribution in [2.45, 2.75) is 200 Å². The Morgan fingerprint density at radius 3 is 1.17 bits per heavy atom. The molecule has 0 aromatic rings. The van der Waals surface area contributed by atoms with Crippen LogP contribution in [0.4, 0.5) is 4.79 Å². The standard InChI is InChI=1S/C38H69ClO2/c1-3-5-7-9-11-13-15-17-19-21-23-25-27-29-31-33-35-37(41-38(39)40)36-34-32-30-28-26-24-22-20-18-16-14-12-10-8-6-4-2/h11-14,17,19,37H,3-10,15-16,18,20-36H2,1-2H3/b13-11-,14-12-,19-17-. The summed E-state index contributed by atoms with van der Waals surface area (Å²) in [5.41, 5.74) is -0.637. The first-order valence-electron chi connectivity index (χ1n) is 18.0. The molecule has 240 valence electrons. The highest BCUT2D eigenvalue weighted by molar-refractivity contribution is 6.61. The molecule has 2 nitrogen and oxygen atoms in total. The zero-order chi connectivity index (χ0) is 29.9. The van der Waals surface area contributed by atoms with Gasteiger partial charge < -0.3 is 4.74 Å². The van der Waals surface area contributed by atoms with E-state index in [4.69, 9.17) is 16.3 Å².